The largest absolute Gasteiger partial charge is 0.419 e. The number of halogens is 5. The maximum absolute atomic E-state index is 13.4. The third-order valence-corrected chi connectivity index (χ3v) is 4.60. The van der Waals surface area contributed by atoms with Gasteiger partial charge in [0.2, 0.25) is 0 Å². The van der Waals surface area contributed by atoms with Gasteiger partial charge in [0.1, 0.15) is 5.82 Å². The molecule has 7 heteroatoms. The molecule has 0 saturated heterocycles. The van der Waals surface area contributed by atoms with E-state index in [-0.39, 0.29) is 0 Å². The zero-order valence-corrected chi connectivity index (χ0v) is 13.4. The first-order chi connectivity index (χ1) is 9.82. The number of rotatable bonds is 4. The number of hydrogen-bond donors (Lipinski definition) is 1. The Bertz CT molecular complexity index is 624. The summed E-state index contributed by atoms with van der Waals surface area (Å²) in [6.07, 6.45) is -4.70. The minimum Gasteiger partial charge on any atom is -0.306 e. The minimum atomic E-state index is -4.70. The summed E-state index contributed by atoms with van der Waals surface area (Å²) < 4.78 is 52.7. The first kappa shape index (κ1) is 16.5. The summed E-state index contributed by atoms with van der Waals surface area (Å²) in [5.74, 6) is -1.26. The summed E-state index contributed by atoms with van der Waals surface area (Å²) in [5.41, 5.74) is -0.849. The van der Waals surface area contributed by atoms with Crippen molar-refractivity contribution in [2.45, 2.75) is 19.1 Å². The molecule has 2 rings (SSSR count). The third-order valence-electron chi connectivity index (χ3n) is 2.92. The molecule has 1 aromatic heterocycles. The molecule has 0 saturated carbocycles. The Kier molecular flexibility index (Phi) is 5.06. The fourth-order valence-electron chi connectivity index (χ4n) is 2.01. The lowest BCUT2D eigenvalue weighted by atomic mass is 10.0. The van der Waals surface area contributed by atoms with E-state index in [1.54, 1.807) is 0 Å². The molecule has 0 spiro atoms. The molecule has 1 heterocycles. The van der Waals surface area contributed by atoms with Gasteiger partial charge in [-0.3, -0.25) is 0 Å². The fraction of sp³-hybridized carbons (Fsp3) is 0.286. The standard InChI is InChI=1S/C14H12BrF4NS/c1-2-20-13(11-5-6-12(15)21-11)8-3-4-10(16)9(7-8)14(17,18)19/h3-7,13,20H,2H2,1H3. The van der Waals surface area contributed by atoms with Crippen LogP contribution in [0, 0.1) is 5.82 Å². The van der Waals surface area contributed by atoms with Gasteiger partial charge in [-0.2, -0.15) is 13.2 Å². The molecule has 1 N–H and O–H groups in total. The molecule has 0 bridgehead atoms. The van der Waals surface area contributed by atoms with Gasteiger partial charge in [-0.15, -0.1) is 11.3 Å². The van der Waals surface area contributed by atoms with Crippen LogP contribution in [-0.2, 0) is 6.18 Å². The SMILES string of the molecule is CCNC(c1ccc(F)c(C(F)(F)F)c1)c1ccc(Br)s1. The molecular weight excluding hydrogens is 370 g/mol. The van der Waals surface area contributed by atoms with Gasteiger partial charge < -0.3 is 5.32 Å². The van der Waals surface area contributed by atoms with Gasteiger partial charge in [0, 0.05) is 4.88 Å². The molecule has 21 heavy (non-hydrogen) atoms. The molecule has 0 aliphatic heterocycles. The monoisotopic (exact) mass is 381 g/mol. The summed E-state index contributed by atoms with van der Waals surface area (Å²) in [7, 11) is 0. The Hall–Kier alpha value is -0.920. The lowest BCUT2D eigenvalue weighted by Gasteiger charge is -2.19. The normalized spacial score (nSPS) is 13.4. The van der Waals surface area contributed by atoms with Gasteiger partial charge in [-0.05, 0) is 52.3 Å². The molecular formula is C14H12BrF4NS. The number of benzene rings is 1. The van der Waals surface area contributed by atoms with E-state index in [2.05, 4.69) is 21.2 Å². The molecule has 1 unspecified atom stereocenters. The smallest absolute Gasteiger partial charge is 0.306 e. The van der Waals surface area contributed by atoms with E-state index in [1.165, 1.54) is 17.4 Å². The highest BCUT2D eigenvalue weighted by molar-refractivity contribution is 9.11. The van der Waals surface area contributed by atoms with Crippen LogP contribution in [0.5, 0.6) is 0 Å². The maximum atomic E-state index is 13.4. The van der Waals surface area contributed by atoms with Gasteiger partial charge >= 0.3 is 6.18 Å². The zero-order chi connectivity index (χ0) is 15.6. The van der Waals surface area contributed by atoms with Crippen molar-refractivity contribution in [1.82, 2.24) is 5.32 Å². The number of thiophene rings is 1. The second-order valence-electron chi connectivity index (χ2n) is 4.37. The minimum absolute atomic E-state index is 0.389. The molecule has 1 nitrogen and oxygen atoms in total. The van der Waals surface area contributed by atoms with E-state index < -0.39 is 23.6 Å². The molecule has 2 aromatic rings. The van der Waals surface area contributed by atoms with E-state index in [0.717, 1.165) is 20.8 Å². The van der Waals surface area contributed by atoms with Gasteiger partial charge in [0.15, 0.2) is 0 Å². The van der Waals surface area contributed by atoms with Crippen LogP contribution in [-0.4, -0.2) is 6.54 Å². The summed E-state index contributed by atoms with van der Waals surface area (Å²) in [4.78, 5) is 0.864. The quantitative estimate of drug-likeness (QED) is 0.702. The van der Waals surface area contributed by atoms with E-state index in [9.17, 15) is 17.6 Å². The molecule has 1 aromatic carbocycles. The van der Waals surface area contributed by atoms with Crippen molar-refractivity contribution in [3.63, 3.8) is 0 Å². The van der Waals surface area contributed by atoms with Gasteiger partial charge in [0.05, 0.1) is 15.4 Å². The number of alkyl halides is 3. The van der Waals surface area contributed by atoms with Crippen LogP contribution < -0.4 is 5.32 Å². The van der Waals surface area contributed by atoms with E-state index in [4.69, 9.17) is 0 Å². The first-order valence-corrected chi connectivity index (χ1v) is 7.79. The van der Waals surface area contributed by atoms with Crippen LogP contribution in [0.25, 0.3) is 0 Å². The summed E-state index contributed by atoms with van der Waals surface area (Å²) in [6.45, 7) is 2.45. The molecule has 0 fully saturated rings. The van der Waals surface area contributed by atoms with Crippen LogP contribution in [0.3, 0.4) is 0 Å². The topological polar surface area (TPSA) is 12.0 Å². The predicted octanol–water partition coefficient (Wildman–Crippen LogP) is 5.37. The summed E-state index contributed by atoms with van der Waals surface area (Å²) in [5, 5.41) is 3.13. The third kappa shape index (κ3) is 3.84. The van der Waals surface area contributed by atoms with Crippen LogP contribution in [0.1, 0.15) is 29.0 Å². The van der Waals surface area contributed by atoms with E-state index in [1.807, 2.05) is 19.1 Å². The van der Waals surface area contributed by atoms with Crippen LogP contribution >= 0.6 is 27.3 Å². The van der Waals surface area contributed by atoms with Gasteiger partial charge in [-0.1, -0.05) is 13.0 Å². The number of hydrogen-bond acceptors (Lipinski definition) is 2. The highest BCUT2D eigenvalue weighted by Gasteiger charge is 2.34. The molecule has 0 aliphatic rings. The zero-order valence-electron chi connectivity index (χ0n) is 11.0. The lowest BCUT2D eigenvalue weighted by molar-refractivity contribution is -0.140. The Morgan fingerprint density at radius 1 is 1.24 bits per heavy atom. The lowest BCUT2D eigenvalue weighted by Crippen LogP contribution is -2.22. The Morgan fingerprint density at radius 3 is 2.48 bits per heavy atom. The molecule has 0 amide bonds. The summed E-state index contributed by atoms with van der Waals surface area (Å²) >= 11 is 4.76. The first-order valence-electron chi connectivity index (χ1n) is 6.18. The Balaban J connectivity index is 2.46. The fourth-order valence-corrected chi connectivity index (χ4v) is 3.54. The van der Waals surface area contributed by atoms with Crippen molar-refractivity contribution in [2.75, 3.05) is 6.54 Å². The average Bonchev–Trinajstić information content (AvgIpc) is 2.82. The van der Waals surface area contributed by atoms with E-state index >= 15 is 0 Å². The van der Waals surface area contributed by atoms with E-state index in [0.29, 0.717) is 12.1 Å². The van der Waals surface area contributed by atoms with Crippen molar-refractivity contribution < 1.29 is 17.6 Å². The van der Waals surface area contributed by atoms with Crippen LogP contribution in [0.15, 0.2) is 34.1 Å². The Labute approximate surface area is 132 Å². The van der Waals surface area contributed by atoms with Crippen molar-refractivity contribution in [3.05, 3.63) is 55.9 Å². The van der Waals surface area contributed by atoms with Gasteiger partial charge in [0.25, 0.3) is 0 Å². The van der Waals surface area contributed by atoms with Crippen molar-refractivity contribution in [1.29, 1.82) is 0 Å². The highest BCUT2D eigenvalue weighted by atomic mass is 79.9. The second-order valence-corrected chi connectivity index (χ2v) is 6.86. The predicted molar refractivity (Wildman–Crippen MR) is 78.9 cm³/mol. The van der Waals surface area contributed by atoms with Crippen molar-refractivity contribution in [2.24, 2.45) is 0 Å². The van der Waals surface area contributed by atoms with Crippen molar-refractivity contribution in [3.8, 4) is 0 Å². The number of nitrogens with one attached hydrogen (secondary N) is 1. The summed E-state index contributed by atoms with van der Waals surface area (Å²) in [6, 6.07) is 6.39. The molecule has 114 valence electrons. The highest BCUT2D eigenvalue weighted by Crippen LogP contribution is 2.36. The van der Waals surface area contributed by atoms with Crippen LogP contribution in [0.4, 0.5) is 17.6 Å². The molecule has 0 aliphatic carbocycles. The second kappa shape index (κ2) is 6.46. The average molecular weight is 382 g/mol. The van der Waals surface area contributed by atoms with Gasteiger partial charge in [-0.25, -0.2) is 4.39 Å². The maximum Gasteiger partial charge on any atom is 0.419 e. The molecule has 0 radical (unpaired) electrons. The van der Waals surface area contributed by atoms with Crippen molar-refractivity contribution >= 4 is 27.3 Å². The van der Waals surface area contributed by atoms with Crippen LogP contribution in [0.2, 0.25) is 0 Å². The Morgan fingerprint density at radius 2 is 1.95 bits per heavy atom. The molecule has 1 atom stereocenters.